The van der Waals surface area contributed by atoms with Gasteiger partial charge in [0, 0.05) is 12.1 Å². The molecule has 1 heterocycles. The van der Waals surface area contributed by atoms with E-state index < -0.39 is 0 Å². The fourth-order valence-corrected chi connectivity index (χ4v) is 2.78. The number of nitrogens with one attached hydrogen (secondary N) is 1. The van der Waals surface area contributed by atoms with Crippen molar-refractivity contribution >= 4 is 5.91 Å². The van der Waals surface area contributed by atoms with Gasteiger partial charge >= 0.3 is 0 Å². The SMILES string of the molecule is CC(N)c1cn(CC(=O)NC2CCCC(C)C2C)nn1. The van der Waals surface area contributed by atoms with Crippen molar-refractivity contribution in [2.75, 3.05) is 0 Å². The molecule has 1 fully saturated rings. The zero-order valence-corrected chi connectivity index (χ0v) is 12.5. The number of rotatable bonds is 4. The van der Waals surface area contributed by atoms with Crippen LogP contribution in [0, 0.1) is 11.8 Å². The molecule has 6 heteroatoms. The number of hydrogen-bond donors (Lipinski definition) is 2. The molecular weight excluding hydrogens is 254 g/mol. The molecule has 4 atom stereocenters. The maximum absolute atomic E-state index is 12.1. The van der Waals surface area contributed by atoms with Crippen LogP contribution in [0.4, 0.5) is 0 Å². The van der Waals surface area contributed by atoms with Gasteiger partial charge in [-0.25, -0.2) is 4.68 Å². The van der Waals surface area contributed by atoms with Crippen molar-refractivity contribution in [3.05, 3.63) is 11.9 Å². The molecule has 2 rings (SSSR count). The molecule has 0 radical (unpaired) electrons. The minimum atomic E-state index is -0.161. The van der Waals surface area contributed by atoms with Crippen LogP contribution in [0.3, 0.4) is 0 Å². The molecule has 112 valence electrons. The van der Waals surface area contributed by atoms with Crippen molar-refractivity contribution in [1.29, 1.82) is 0 Å². The molecular formula is C14H25N5O. The monoisotopic (exact) mass is 279 g/mol. The Hall–Kier alpha value is -1.43. The van der Waals surface area contributed by atoms with Crippen molar-refractivity contribution in [2.45, 2.75) is 58.7 Å². The number of amides is 1. The van der Waals surface area contributed by atoms with Crippen LogP contribution in [0.5, 0.6) is 0 Å². The maximum Gasteiger partial charge on any atom is 0.242 e. The Morgan fingerprint density at radius 3 is 2.95 bits per heavy atom. The second-order valence-electron chi connectivity index (χ2n) is 6.07. The average molecular weight is 279 g/mol. The number of hydrogen-bond acceptors (Lipinski definition) is 4. The first kappa shape index (κ1) is 15.0. The Balaban J connectivity index is 1.88. The molecule has 1 amide bonds. The molecule has 0 spiro atoms. The first-order chi connectivity index (χ1) is 9.47. The second kappa shape index (κ2) is 6.35. The summed E-state index contributed by atoms with van der Waals surface area (Å²) in [6.45, 7) is 6.53. The maximum atomic E-state index is 12.1. The number of aromatic nitrogens is 3. The van der Waals surface area contributed by atoms with Gasteiger partial charge in [0.05, 0.1) is 11.9 Å². The zero-order chi connectivity index (χ0) is 14.7. The average Bonchev–Trinajstić information content (AvgIpc) is 2.83. The van der Waals surface area contributed by atoms with Gasteiger partial charge in [-0.1, -0.05) is 31.9 Å². The Morgan fingerprint density at radius 1 is 1.55 bits per heavy atom. The van der Waals surface area contributed by atoms with Crippen LogP contribution in [0.15, 0.2) is 6.20 Å². The van der Waals surface area contributed by atoms with Crippen LogP contribution in [-0.4, -0.2) is 26.9 Å². The van der Waals surface area contributed by atoms with Crippen LogP contribution in [-0.2, 0) is 11.3 Å². The van der Waals surface area contributed by atoms with Gasteiger partial charge in [0.15, 0.2) is 0 Å². The smallest absolute Gasteiger partial charge is 0.242 e. The van der Waals surface area contributed by atoms with E-state index in [2.05, 4.69) is 29.5 Å². The van der Waals surface area contributed by atoms with Gasteiger partial charge in [0.25, 0.3) is 0 Å². The molecule has 1 aliphatic rings. The first-order valence-electron chi connectivity index (χ1n) is 7.42. The van der Waals surface area contributed by atoms with Crippen LogP contribution < -0.4 is 11.1 Å². The lowest BCUT2D eigenvalue weighted by molar-refractivity contribution is -0.123. The molecule has 1 aromatic heterocycles. The minimum absolute atomic E-state index is 0.00271. The third-order valence-corrected chi connectivity index (χ3v) is 4.38. The minimum Gasteiger partial charge on any atom is -0.351 e. The summed E-state index contributed by atoms with van der Waals surface area (Å²) in [5.74, 6) is 1.20. The Kier molecular flexibility index (Phi) is 4.75. The van der Waals surface area contributed by atoms with Crippen molar-refractivity contribution in [2.24, 2.45) is 17.6 Å². The molecule has 1 aliphatic carbocycles. The summed E-state index contributed by atoms with van der Waals surface area (Å²) in [5, 5.41) is 11.0. The molecule has 0 bridgehead atoms. The summed E-state index contributed by atoms with van der Waals surface area (Å²) in [7, 11) is 0. The van der Waals surface area contributed by atoms with Crippen LogP contribution in [0.25, 0.3) is 0 Å². The van der Waals surface area contributed by atoms with E-state index in [4.69, 9.17) is 5.73 Å². The molecule has 4 unspecified atom stereocenters. The fourth-order valence-electron chi connectivity index (χ4n) is 2.78. The highest BCUT2D eigenvalue weighted by Gasteiger charge is 2.28. The van der Waals surface area contributed by atoms with Gasteiger partial charge in [-0.15, -0.1) is 5.10 Å². The quantitative estimate of drug-likeness (QED) is 0.868. The fraction of sp³-hybridized carbons (Fsp3) is 0.786. The molecule has 0 saturated heterocycles. The molecule has 20 heavy (non-hydrogen) atoms. The summed E-state index contributed by atoms with van der Waals surface area (Å²) >= 11 is 0. The van der Waals surface area contributed by atoms with E-state index in [0.29, 0.717) is 17.5 Å². The van der Waals surface area contributed by atoms with Gasteiger partial charge < -0.3 is 11.1 Å². The lowest BCUT2D eigenvalue weighted by Crippen LogP contribution is -2.44. The molecule has 0 aliphatic heterocycles. The van der Waals surface area contributed by atoms with Crippen molar-refractivity contribution in [3.63, 3.8) is 0 Å². The lowest BCUT2D eigenvalue weighted by atomic mass is 9.78. The summed E-state index contributed by atoms with van der Waals surface area (Å²) < 4.78 is 1.55. The predicted molar refractivity (Wildman–Crippen MR) is 76.7 cm³/mol. The first-order valence-corrected chi connectivity index (χ1v) is 7.42. The van der Waals surface area contributed by atoms with Crippen LogP contribution >= 0.6 is 0 Å². The van der Waals surface area contributed by atoms with Gasteiger partial charge in [0.2, 0.25) is 5.91 Å². The standard InChI is InChI=1S/C14H25N5O/c1-9-5-4-6-12(10(9)2)16-14(20)8-19-7-13(11(3)15)17-18-19/h7,9-12H,4-6,8,15H2,1-3H3,(H,16,20). The highest BCUT2D eigenvalue weighted by Crippen LogP contribution is 2.29. The zero-order valence-electron chi connectivity index (χ0n) is 12.5. The molecule has 3 N–H and O–H groups in total. The van der Waals surface area contributed by atoms with Gasteiger partial charge in [-0.05, 0) is 25.2 Å². The van der Waals surface area contributed by atoms with Crippen LogP contribution in [0.2, 0.25) is 0 Å². The second-order valence-corrected chi connectivity index (χ2v) is 6.07. The summed E-state index contributed by atoms with van der Waals surface area (Å²) in [6.07, 6.45) is 5.25. The van der Waals surface area contributed by atoms with E-state index >= 15 is 0 Å². The van der Waals surface area contributed by atoms with E-state index in [0.717, 1.165) is 6.42 Å². The normalized spacial score (nSPS) is 28.1. The van der Waals surface area contributed by atoms with Crippen molar-refractivity contribution < 1.29 is 4.79 Å². The Bertz CT molecular complexity index is 456. The van der Waals surface area contributed by atoms with E-state index in [9.17, 15) is 4.79 Å². The topological polar surface area (TPSA) is 85.8 Å². The largest absolute Gasteiger partial charge is 0.351 e. The number of nitrogens with zero attached hydrogens (tertiary/aromatic N) is 3. The van der Waals surface area contributed by atoms with E-state index in [-0.39, 0.29) is 24.5 Å². The van der Waals surface area contributed by atoms with E-state index in [1.807, 2.05) is 6.92 Å². The predicted octanol–water partition coefficient (Wildman–Crippen LogP) is 1.24. The van der Waals surface area contributed by atoms with Crippen molar-refractivity contribution in [1.82, 2.24) is 20.3 Å². The third-order valence-electron chi connectivity index (χ3n) is 4.38. The van der Waals surface area contributed by atoms with Gasteiger partial charge in [-0.2, -0.15) is 0 Å². The highest BCUT2D eigenvalue weighted by molar-refractivity contribution is 5.76. The Labute approximate surface area is 120 Å². The lowest BCUT2D eigenvalue weighted by Gasteiger charge is -2.34. The Morgan fingerprint density at radius 2 is 2.30 bits per heavy atom. The molecule has 6 nitrogen and oxygen atoms in total. The van der Waals surface area contributed by atoms with E-state index in [1.165, 1.54) is 12.8 Å². The molecule has 1 saturated carbocycles. The number of nitrogens with two attached hydrogens (primary N) is 1. The molecule has 0 aromatic carbocycles. The van der Waals surface area contributed by atoms with Crippen molar-refractivity contribution in [3.8, 4) is 0 Å². The summed E-state index contributed by atoms with van der Waals surface area (Å²) in [5.41, 5.74) is 6.43. The van der Waals surface area contributed by atoms with E-state index in [1.54, 1.807) is 10.9 Å². The third kappa shape index (κ3) is 3.56. The van der Waals surface area contributed by atoms with Crippen LogP contribution in [0.1, 0.15) is 51.8 Å². The van der Waals surface area contributed by atoms with Gasteiger partial charge in [0.1, 0.15) is 6.54 Å². The number of carbonyl (C=O) groups excluding carboxylic acids is 1. The summed E-state index contributed by atoms with van der Waals surface area (Å²) in [6, 6.07) is 0.119. The molecule has 1 aromatic rings. The highest BCUT2D eigenvalue weighted by atomic mass is 16.2. The number of carbonyl (C=O) groups is 1. The van der Waals surface area contributed by atoms with Gasteiger partial charge in [-0.3, -0.25) is 4.79 Å². The summed E-state index contributed by atoms with van der Waals surface area (Å²) in [4.78, 5) is 12.1.